The summed E-state index contributed by atoms with van der Waals surface area (Å²) in [5, 5.41) is 0. The Morgan fingerprint density at radius 1 is 0.846 bits per heavy atom. The first kappa shape index (κ1) is 16.7. The van der Waals surface area contributed by atoms with Gasteiger partial charge in [0.1, 0.15) is 0 Å². The third-order valence-corrected chi connectivity index (χ3v) is 4.98. The topological polar surface area (TPSA) is 3.24 Å². The molecule has 0 heterocycles. The molecule has 0 radical (unpaired) electrons. The molecular weight excluding hydrogens is 335 g/mol. The third-order valence-electron chi connectivity index (χ3n) is 4.98. The summed E-state index contributed by atoms with van der Waals surface area (Å²) in [5.41, 5.74) is 6.32. The Bertz CT molecular complexity index is 989. The maximum atomic E-state index is 13.3. The van der Waals surface area contributed by atoms with E-state index in [1.807, 2.05) is 18.2 Å². The highest BCUT2D eigenvalue weighted by Crippen LogP contribution is 2.42. The normalized spacial score (nSPS) is 12.7. The standard InChI is InChI=1S/C22H18F3N/c1-14-7-9-18-15(11-14)12-16-13-17(8-10-19(16)18)26(2)21-6-4-3-5-20(21)22(23,24)25/h3-11,13H,12H2,1-2H3. The highest BCUT2D eigenvalue weighted by atomic mass is 19.4. The van der Waals surface area contributed by atoms with Crippen LogP contribution < -0.4 is 4.90 Å². The zero-order chi connectivity index (χ0) is 18.5. The first-order valence-corrected chi connectivity index (χ1v) is 8.47. The largest absolute Gasteiger partial charge is 0.418 e. The molecule has 1 aliphatic rings. The van der Waals surface area contributed by atoms with Crippen LogP contribution in [0.1, 0.15) is 22.3 Å². The number of anilines is 2. The van der Waals surface area contributed by atoms with Crippen LogP contribution in [-0.2, 0) is 12.6 Å². The summed E-state index contributed by atoms with van der Waals surface area (Å²) in [6.45, 7) is 2.07. The van der Waals surface area contributed by atoms with Crippen molar-refractivity contribution in [3.8, 4) is 11.1 Å². The molecule has 0 fully saturated rings. The van der Waals surface area contributed by atoms with Crippen molar-refractivity contribution >= 4 is 11.4 Å². The second kappa shape index (κ2) is 5.90. The summed E-state index contributed by atoms with van der Waals surface area (Å²) in [7, 11) is 1.68. The predicted molar refractivity (Wildman–Crippen MR) is 98.9 cm³/mol. The van der Waals surface area contributed by atoms with Crippen molar-refractivity contribution < 1.29 is 13.2 Å². The van der Waals surface area contributed by atoms with Gasteiger partial charge in [0, 0.05) is 12.7 Å². The molecule has 1 aliphatic carbocycles. The summed E-state index contributed by atoms with van der Waals surface area (Å²) >= 11 is 0. The van der Waals surface area contributed by atoms with Gasteiger partial charge in [0.05, 0.1) is 11.3 Å². The van der Waals surface area contributed by atoms with Gasteiger partial charge in [0.15, 0.2) is 0 Å². The van der Waals surface area contributed by atoms with Crippen LogP contribution in [0.2, 0.25) is 0 Å². The van der Waals surface area contributed by atoms with Gasteiger partial charge in [-0.15, -0.1) is 0 Å². The van der Waals surface area contributed by atoms with E-state index in [9.17, 15) is 13.2 Å². The molecule has 4 heteroatoms. The van der Waals surface area contributed by atoms with Crippen LogP contribution in [0.25, 0.3) is 11.1 Å². The van der Waals surface area contributed by atoms with Crippen LogP contribution in [-0.4, -0.2) is 7.05 Å². The van der Waals surface area contributed by atoms with E-state index in [1.165, 1.54) is 34.4 Å². The second-order valence-electron chi connectivity index (χ2n) is 6.75. The molecular formula is C22H18F3N. The molecule has 0 unspecified atom stereocenters. The van der Waals surface area contributed by atoms with E-state index in [0.717, 1.165) is 23.7 Å². The molecule has 0 N–H and O–H groups in total. The lowest BCUT2D eigenvalue weighted by Gasteiger charge is -2.24. The van der Waals surface area contributed by atoms with Gasteiger partial charge in [-0.3, -0.25) is 0 Å². The number of halogens is 3. The van der Waals surface area contributed by atoms with Crippen LogP contribution >= 0.6 is 0 Å². The molecule has 132 valence electrons. The van der Waals surface area contributed by atoms with Gasteiger partial charge in [0.2, 0.25) is 0 Å². The number of rotatable bonds is 2. The average molecular weight is 353 g/mol. The van der Waals surface area contributed by atoms with Crippen LogP contribution in [0.5, 0.6) is 0 Å². The lowest BCUT2D eigenvalue weighted by atomic mass is 10.0. The first-order chi connectivity index (χ1) is 12.3. The van der Waals surface area contributed by atoms with Crippen molar-refractivity contribution in [1.82, 2.24) is 0 Å². The first-order valence-electron chi connectivity index (χ1n) is 8.47. The van der Waals surface area contributed by atoms with Gasteiger partial charge in [0.25, 0.3) is 0 Å². The summed E-state index contributed by atoms with van der Waals surface area (Å²) in [6, 6.07) is 18.0. The van der Waals surface area contributed by atoms with Crippen molar-refractivity contribution in [2.75, 3.05) is 11.9 Å². The number of nitrogens with zero attached hydrogens (tertiary/aromatic N) is 1. The Labute approximate surface area is 150 Å². The van der Waals surface area contributed by atoms with Crippen molar-refractivity contribution in [1.29, 1.82) is 0 Å². The fourth-order valence-corrected chi connectivity index (χ4v) is 3.68. The second-order valence-corrected chi connectivity index (χ2v) is 6.75. The van der Waals surface area contributed by atoms with E-state index < -0.39 is 11.7 Å². The van der Waals surface area contributed by atoms with Crippen molar-refractivity contribution in [2.24, 2.45) is 0 Å². The minimum Gasteiger partial charge on any atom is -0.344 e. The number of alkyl halides is 3. The number of hydrogen-bond donors (Lipinski definition) is 0. The molecule has 0 bridgehead atoms. The highest BCUT2D eigenvalue weighted by Gasteiger charge is 2.34. The number of benzene rings is 3. The molecule has 0 saturated carbocycles. The monoisotopic (exact) mass is 353 g/mol. The molecule has 4 rings (SSSR count). The van der Waals surface area contributed by atoms with Crippen LogP contribution in [0.15, 0.2) is 60.7 Å². The van der Waals surface area contributed by atoms with Gasteiger partial charge in [-0.1, -0.05) is 42.0 Å². The highest BCUT2D eigenvalue weighted by molar-refractivity contribution is 5.80. The van der Waals surface area contributed by atoms with E-state index >= 15 is 0 Å². The molecule has 0 atom stereocenters. The number of fused-ring (bicyclic) bond motifs is 3. The maximum Gasteiger partial charge on any atom is 0.418 e. The molecule has 3 aromatic carbocycles. The number of hydrogen-bond acceptors (Lipinski definition) is 1. The Kier molecular flexibility index (Phi) is 3.79. The predicted octanol–water partition coefficient (Wildman–Crippen LogP) is 6.35. The summed E-state index contributed by atoms with van der Waals surface area (Å²) in [5.74, 6) is 0. The van der Waals surface area contributed by atoms with Gasteiger partial charge in [-0.2, -0.15) is 13.2 Å². The summed E-state index contributed by atoms with van der Waals surface area (Å²) in [4.78, 5) is 1.61. The molecule has 0 spiro atoms. The molecule has 0 amide bonds. The van der Waals surface area contributed by atoms with Crippen LogP contribution in [0.4, 0.5) is 24.5 Å². The average Bonchev–Trinajstić information content (AvgIpc) is 2.96. The minimum atomic E-state index is -4.38. The molecule has 0 aliphatic heterocycles. The smallest absolute Gasteiger partial charge is 0.344 e. The molecule has 26 heavy (non-hydrogen) atoms. The Morgan fingerprint density at radius 2 is 1.50 bits per heavy atom. The zero-order valence-electron chi connectivity index (χ0n) is 14.6. The van der Waals surface area contributed by atoms with Crippen LogP contribution in [0.3, 0.4) is 0 Å². The Morgan fingerprint density at radius 3 is 2.23 bits per heavy atom. The van der Waals surface area contributed by atoms with E-state index in [1.54, 1.807) is 18.0 Å². The van der Waals surface area contributed by atoms with E-state index in [4.69, 9.17) is 0 Å². The Balaban J connectivity index is 1.74. The minimum absolute atomic E-state index is 0.159. The van der Waals surface area contributed by atoms with Gasteiger partial charge >= 0.3 is 6.18 Å². The van der Waals surface area contributed by atoms with E-state index in [-0.39, 0.29) is 5.69 Å². The number of aryl methyl sites for hydroxylation is 1. The summed E-state index contributed by atoms with van der Waals surface area (Å²) < 4.78 is 40.0. The van der Waals surface area contributed by atoms with Crippen molar-refractivity contribution in [3.63, 3.8) is 0 Å². The van der Waals surface area contributed by atoms with Gasteiger partial charge < -0.3 is 4.90 Å². The molecule has 0 aromatic heterocycles. The van der Waals surface area contributed by atoms with Crippen LogP contribution in [0, 0.1) is 6.92 Å². The lowest BCUT2D eigenvalue weighted by Crippen LogP contribution is -2.16. The third kappa shape index (κ3) is 2.75. The maximum absolute atomic E-state index is 13.3. The Hall–Kier alpha value is -2.75. The SMILES string of the molecule is Cc1ccc2c(c1)Cc1cc(N(C)c3ccccc3C(F)(F)F)ccc1-2. The lowest BCUT2D eigenvalue weighted by molar-refractivity contribution is -0.137. The van der Waals surface area contributed by atoms with Crippen molar-refractivity contribution in [3.05, 3.63) is 82.9 Å². The van der Waals surface area contributed by atoms with Gasteiger partial charge in [-0.05, 0) is 59.9 Å². The quantitative estimate of drug-likeness (QED) is 0.406. The number of para-hydroxylation sites is 1. The molecule has 1 nitrogen and oxygen atoms in total. The van der Waals surface area contributed by atoms with E-state index in [0.29, 0.717) is 0 Å². The summed E-state index contributed by atoms with van der Waals surface area (Å²) in [6.07, 6.45) is -3.57. The van der Waals surface area contributed by atoms with Crippen molar-refractivity contribution in [2.45, 2.75) is 19.5 Å². The molecule has 3 aromatic rings. The molecule has 0 saturated heterocycles. The van der Waals surface area contributed by atoms with Gasteiger partial charge in [-0.25, -0.2) is 0 Å². The van der Waals surface area contributed by atoms with E-state index in [2.05, 4.69) is 25.1 Å². The zero-order valence-corrected chi connectivity index (χ0v) is 14.6. The fourth-order valence-electron chi connectivity index (χ4n) is 3.68. The fraction of sp³-hybridized carbons (Fsp3) is 0.182.